The van der Waals surface area contributed by atoms with Crippen molar-refractivity contribution in [3.8, 4) is 22.8 Å². The summed E-state index contributed by atoms with van der Waals surface area (Å²) < 4.78 is 0. The number of benzene rings is 1. The molecule has 1 aliphatic heterocycles. The average Bonchev–Trinajstić information content (AvgIpc) is 3.52. The summed E-state index contributed by atoms with van der Waals surface area (Å²) >= 11 is 0. The summed E-state index contributed by atoms with van der Waals surface area (Å²) in [4.78, 5) is 22.4. The van der Waals surface area contributed by atoms with E-state index in [0.29, 0.717) is 0 Å². The van der Waals surface area contributed by atoms with E-state index in [0.717, 1.165) is 88.0 Å². The normalized spacial score (nSPS) is 14.9. The zero-order chi connectivity index (χ0) is 26.4. The third-order valence-electron chi connectivity index (χ3n) is 7.24. The Hall–Kier alpha value is -4.24. The van der Waals surface area contributed by atoms with Gasteiger partial charge in [-0.3, -0.25) is 15.1 Å². The summed E-state index contributed by atoms with van der Waals surface area (Å²) in [7, 11) is 2.17. The largest absolute Gasteiger partial charge is 0.367 e. The van der Waals surface area contributed by atoms with Crippen molar-refractivity contribution in [2.45, 2.75) is 20.8 Å². The second kappa shape index (κ2) is 9.25. The van der Waals surface area contributed by atoms with Crippen molar-refractivity contribution in [3.05, 3.63) is 61.2 Å². The molecule has 9 nitrogen and oxygen atoms in total. The van der Waals surface area contributed by atoms with Gasteiger partial charge >= 0.3 is 0 Å². The highest BCUT2D eigenvalue weighted by Gasteiger charge is 2.20. The molecule has 0 unspecified atom stereocenters. The van der Waals surface area contributed by atoms with Crippen molar-refractivity contribution in [1.82, 2.24) is 35.0 Å². The number of hydrogen-bond acceptors (Lipinski definition) is 7. The number of fused-ring (bicyclic) bond motifs is 2. The monoisotopic (exact) mass is 507 g/mol. The second-order valence-corrected chi connectivity index (χ2v) is 11.1. The lowest BCUT2D eigenvalue weighted by Gasteiger charge is -2.34. The number of H-pyrrole nitrogens is 2. The SMILES string of the molecule is C=C(Nc1cncc(-c2cc3c(-c4nc5c(N6CCN(C)CC6)cccc5[nH]4)n[nH]c3cn2)c1)C(C)(C)C. The van der Waals surface area contributed by atoms with Gasteiger partial charge in [-0.15, -0.1) is 0 Å². The molecule has 6 rings (SSSR count). The molecular formula is C29H33N9. The van der Waals surface area contributed by atoms with E-state index >= 15 is 0 Å². The van der Waals surface area contributed by atoms with Gasteiger partial charge in [0.05, 0.1) is 40.5 Å². The summed E-state index contributed by atoms with van der Waals surface area (Å²) in [5.41, 5.74) is 8.23. The van der Waals surface area contributed by atoms with Crippen LogP contribution in [0.4, 0.5) is 11.4 Å². The molecule has 1 aromatic carbocycles. The Morgan fingerprint density at radius 1 is 1.03 bits per heavy atom. The van der Waals surface area contributed by atoms with Crippen LogP contribution in [0, 0.1) is 5.41 Å². The van der Waals surface area contributed by atoms with E-state index in [1.54, 1.807) is 6.20 Å². The lowest BCUT2D eigenvalue weighted by Crippen LogP contribution is -2.44. The zero-order valence-corrected chi connectivity index (χ0v) is 22.3. The first-order valence-corrected chi connectivity index (χ1v) is 12.9. The first kappa shape index (κ1) is 24.1. The second-order valence-electron chi connectivity index (χ2n) is 11.1. The van der Waals surface area contributed by atoms with E-state index in [1.807, 2.05) is 24.5 Å². The van der Waals surface area contributed by atoms with Gasteiger partial charge in [0.15, 0.2) is 5.82 Å². The van der Waals surface area contributed by atoms with Gasteiger partial charge in [-0.1, -0.05) is 33.4 Å². The molecule has 0 spiro atoms. The number of allylic oxidation sites excluding steroid dienone is 1. The Morgan fingerprint density at radius 2 is 1.84 bits per heavy atom. The molecule has 4 aromatic heterocycles. The maximum atomic E-state index is 5.03. The third kappa shape index (κ3) is 4.50. The topological polar surface area (TPSA) is 102 Å². The summed E-state index contributed by atoms with van der Waals surface area (Å²) in [6.45, 7) is 14.6. The number of nitrogens with one attached hydrogen (secondary N) is 3. The number of rotatable bonds is 5. The van der Waals surface area contributed by atoms with E-state index in [1.165, 1.54) is 0 Å². The standard InChI is InChI=1S/C29H33N9/c1-18(29(2,3)4)32-20-13-19(15-30-16-20)23-14-21-24(17-31-23)35-36-26(21)28-33-22-7-6-8-25(27(22)34-28)38-11-9-37(5)10-12-38/h6-8,13-17,32H,1,9-12H2,2-5H3,(H,33,34)(H,35,36). The number of aromatic amines is 2. The van der Waals surface area contributed by atoms with E-state index < -0.39 is 0 Å². The fourth-order valence-electron chi connectivity index (χ4n) is 4.70. The fourth-order valence-corrected chi connectivity index (χ4v) is 4.70. The van der Waals surface area contributed by atoms with Gasteiger partial charge in [-0.25, -0.2) is 4.98 Å². The molecule has 5 heterocycles. The van der Waals surface area contributed by atoms with Gasteiger partial charge in [0.1, 0.15) is 11.2 Å². The minimum atomic E-state index is -0.0599. The molecule has 38 heavy (non-hydrogen) atoms. The van der Waals surface area contributed by atoms with Gasteiger partial charge in [-0.2, -0.15) is 5.10 Å². The van der Waals surface area contributed by atoms with E-state index in [-0.39, 0.29) is 5.41 Å². The minimum absolute atomic E-state index is 0.0599. The Labute approximate surface area is 222 Å². The van der Waals surface area contributed by atoms with E-state index in [2.05, 4.69) is 92.9 Å². The Morgan fingerprint density at radius 3 is 2.63 bits per heavy atom. The third-order valence-corrected chi connectivity index (χ3v) is 7.24. The van der Waals surface area contributed by atoms with Gasteiger partial charge in [0.25, 0.3) is 0 Å². The van der Waals surface area contributed by atoms with Crippen LogP contribution in [0.5, 0.6) is 0 Å². The van der Waals surface area contributed by atoms with Gasteiger partial charge < -0.3 is 20.1 Å². The Bertz CT molecular complexity index is 1630. The number of pyridine rings is 2. The van der Waals surface area contributed by atoms with Crippen LogP contribution in [0.25, 0.3) is 44.7 Å². The van der Waals surface area contributed by atoms with Gasteiger partial charge in [-0.05, 0) is 31.3 Å². The van der Waals surface area contributed by atoms with Crippen molar-refractivity contribution in [1.29, 1.82) is 0 Å². The first-order chi connectivity index (χ1) is 18.3. The quantitative estimate of drug-likeness (QED) is 0.297. The molecule has 1 aliphatic rings. The number of hydrogen-bond donors (Lipinski definition) is 3. The average molecular weight is 508 g/mol. The zero-order valence-electron chi connectivity index (χ0n) is 22.3. The van der Waals surface area contributed by atoms with Crippen LogP contribution in [-0.4, -0.2) is 68.3 Å². The van der Waals surface area contributed by atoms with Crippen LogP contribution in [-0.2, 0) is 0 Å². The summed E-state index contributed by atoms with van der Waals surface area (Å²) in [6.07, 6.45) is 5.44. The van der Waals surface area contributed by atoms with Crippen molar-refractivity contribution in [3.63, 3.8) is 0 Å². The van der Waals surface area contributed by atoms with Gasteiger partial charge in [0, 0.05) is 54.4 Å². The predicted octanol–water partition coefficient (Wildman–Crippen LogP) is 5.29. The number of likely N-dealkylation sites (N-methyl/N-ethyl adjacent to an activating group) is 1. The molecule has 194 valence electrons. The molecular weight excluding hydrogens is 474 g/mol. The fraction of sp³-hybridized carbons (Fsp3) is 0.310. The summed E-state index contributed by atoms with van der Waals surface area (Å²) in [5.74, 6) is 0.736. The highest BCUT2D eigenvalue weighted by Crippen LogP contribution is 2.33. The first-order valence-electron chi connectivity index (χ1n) is 12.9. The highest BCUT2D eigenvalue weighted by atomic mass is 15.3. The van der Waals surface area contributed by atoms with Crippen molar-refractivity contribution in [2.75, 3.05) is 43.4 Å². The van der Waals surface area contributed by atoms with Crippen LogP contribution in [0.3, 0.4) is 0 Å². The molecule has 9 heteroatoms. The Balaban J connectivity index is 1.35. The van der Waals surface area contributed by atoms with Crippen LogP contribution in [0.15, 0.2) is 61.2 Å². The van der Waals surface area contributed by atoms with Crippen LogP contribution in [0.1, 0.15) is 20.8 Å². The van der Waals surface area contributed by atoms with Crippen LogP contribution >= 0.6 is 0 Å². The van der Waals surface area contributed by atoms with Gasteiger partial charge in [0.2, 0.25) is 0 Å². The summed E-state index contributed by atoms with van der Waals surface area (Å²) in [5, 5.41) is 12.1. The molecule has 0 radical (unpaired) electrons. The molecule has 1 fully saturated rings. The van der Waals surface area contributed by atoms with Crippen LogP contribution < -0.4 is 10.2 Å². The molecule has 0 amide bonds. The van der Waals surface area contributed by atoms with Crippen molar-refractivity contribution in [2.24, 2.45) is 5.41 Å². The molecule has 5 aromatic rings. The lowest BCUT2D eigenvalue weighted by atomic mass is 9.93. The maximum Gasteiger partial charge on any atom is 0.159 e. The van der Waals surface area contributed by atoms with Crippen molar-refractivity contribution >= 4 is 33.3 Å². The molecule has 0 bridgehead atoms. The maximum absolute atomic E-state index is 5.03. The van der Waals surface area contributed by atoms with Crippen LogP contribution in [0.2, 0.25) is 0 Å². The lowest BCUT2D eigenvalue weighted by molar-refractivity contribution is 0.313. The molecule has 3 N–H and O–H groups in total. The molecule has 0 atom stereocenters. The molecule has 0 aliphatic carbocycles. The smallest absolute Gasteiger partial charge is 0.159 e. The van der Waals surface area contributed by atoms with E-state index in [4.69, 9.17) is 4.98 Å². The Kier molecular flexibility index (Phi) is 5.87. The number of piperazine rings is 1. The number of anilines is 2. The highest BCUT2D eigenvalue weighted by molar-refractivity contribution is 5.96. The molecule has 0 saturated carbocycles. The number of aromatic nitrogens is 6. The number of nitrogens with zero attached hydrogens (tertiary/aromatic N) is 6. The molecule has 1 saturated heterocycles. The number of imidazole rings is 1. The van der Waals surface area contributed by atoms with Crippen molar-refractivity contribution < 1.29 is 0 Å². The summed E-state index contributed by atoms with van der Waals surface area (Å²) in [6, 6.07) is 10.4. The number of para-hydroxylation sites is 1. The minimum Gasteiger partial charge on any atom is -0.367 e. The van der Waals surface area contributed by atoms with E-state index in [9.17, 15) is 0 Å². The predicted molar refractivity (Wildman–Crippen MR) is 154 cm³/mol.